The standard InChI is InChI=1S/C36H40N2O11/c1-16-12-9-13-47-36(7)34(45)27-25-26(30(42)20(5)33(27)49-36)32(44)28-22(31(25)43)15-37-38(28)35(46)18(3)11-8-10-17(2)29(41)19(4)23(40)14-24(16)48-21(6)39/h8-13,15,17,19,23-24,29,40-44H,14H2,1-7H3/b10-8+,13-9+,16-12+,18-11-/t17-,19-,23-,24-,29-,36-/m0/s1. The summed E-state index contributed by atoms with van der Waals surface area (Å²) in [6.45, 7) is 10.7. The van der Waals surface area contributed by atoms with E-state index in [0.29, 0.717) is 5.57 Å². The van der Waals surface area contributed by atoms with Crippen LogP contribution in [0.25, 0.3) is 21.7 Å². The Bertz CT molecular complexity index is 2000. The van der Waals surface area contributed by atoms with Crippen LogP contribution in [0.15, 0.2) is 54.0 Å². The number of allylic oxidation sites excluding steroid dienone is 5. The highest BCUT2D eigenvalue weighted by Crippen LogP contribution is 2.54. The zero-order valence-corrected chi connectivity index (χ0v) is 28.2. The maximum Gasteiger partial charge on any atom is 0.312 e. The van der Waals surface area contributed by atoms with Gasteiger partial charge in [0.25, 0.3) is 11.7 Å². The minimum absolute atomic E-state index is 0.0145. The predicted octanol–water partition coefficient (Wildman–Crippen LogP) is 4.85. The molecule has 0 radical (unpaired) electrons. The second-order valence-electron chi connectivity index (χ2n) is 12.8. The summed E-state index contributed by atoms with van der Waals surface area (Å²) in [5.41, 5.74) is 0.452. The highest BCUT2D eigenvalue weighted by Gasteiger charge is 2.49. The molecule has 13 heteroatoms. The van der Waals surface area contributed by atoms with Crippen molar-refractivity contribution in [3.8, 4) is 23.0 Å². The highest BCUT2D eigenvalue weighted by molar-refractivity contribution is 6.24. The molecule has 4 heterocycles. The third kappa shape index (κ3) is 6.04. The van der Waals surface area contributed by atoms with Crippen LogP contribution < -0.4 is 4.74 Å². The summed E-state index contributed by atoms with van der Waals surface area (Å²) in [4.78, 5) is 39.4. The van der Waals surface area contributed by atoms with Gasteiger partial charge < -0.3 is 39.7 Å². The number of benzene rings is 2. The number of phenols is 3. The van der Waals surface area contributed by atoms with Crippen molar-refractivity contribution >= 4 is 39.3 Å². The first kappa shape index (κ1) is 35.2. The summed E-state index contributed by atoms with van der Waals surface area (Å²) >= 11 is 0. The molecule has 1 aromatic heterocycles. The second kappa shape index (κ2) is 13.1. The topological polar surface area (TPSA) is 198 Å². The average molecular weight is 677 g/mol. The summed E-state index contributed by atoms with van der Waals surface area (Å²) < 4.78 is 18.1. The lowest BCUT2D eigenvalue weighted by molar-refractivity contribution is -0.146. The minimum atomic E-state index is -1.96. The predicted molar refractivity (Wildman–Crippen MR) is 178 cm³/mol. The first-order valence-corrected chi connectivity index (χ1v) is 15.8. The van der Waals surface area contributed by atoms with Crippen LogP contribution in [0.3, 0.4) is 0 Å². The van der Waals surface area contributed by atoms with Crippen LogP contribution in [0, 0.1) is 18.8 Å². The number of carbonyl (C=O) groups is 3. The summed E-state index contributed by atoms with van der Waals surface area (Å²) in [6, 6.07) is 0. The Morgan fingerprint density at radius 3 is 2.39 bits per heavy atom. The highest BCUT2D eigenvalue weighted by atomic mass is 16.7. The molecule has 13 nitrogen and oxygen atoms in total. The number of nitrogens with zero attached hydrogens (tertiary/aromatic N) is 2. The lowest BCUT2D eigenvalue weighted by atomic mass is 9.86. The van der Waals surface area contributed by atoms with Crippen LogP contribution in [0.1, 0.15) is 68.7 Å². The van der Waals surface area contributed by atoms with Gasteiger partial charge in [-0.1, -0.05) is 38.2 Å². The molecule has 6 rings (SSSR count). The Morgan fingerprint density at radius 2 is 1.71 bits per heavy atom. The molecular formula is C36H40N2O11. The van der Waals surface area contributed by atoms with E-state index in [0.717, 1.165) is 10.9 Å². The Balaban J connectivity index is 1.69. The zero-order chi connectivity index (χ0) is 36.1. The fourth-order valence-corrected chi connectivity index (χ4v) is 6.22. The molecule has 0 spiro atoms. The van der Waals surface area contributed by atoms with Gasteiger partial charge >= 0.3 is 11.8 Å². The molecule has 6 atom stereocenters. The van der Waals surface area contributed by atoms with Gasteiger partial charge in [0.1, 0.15) is 28.9 Å². The maximum atomic E-state index is 13.9. The smallest absolute Gasteiger partial charge is 0.312 e. The van der Waals surface area contributed by atoms with Crippen molar-refractivity contribution in [1.29, 1.82) is 0 Å². The number of ketones is 1. The maximum absolute atomic E-state index is 13.9. The molecular weight excluding hydrogens is 636 g/mol. The minimum Gasteiger partial charge on any atom is -0.507 e. The molecule has 7 bridgehead atoms. The van der Waals surface area contributed by atoms with Crippen molar-refractivity contribution < 1.29 is 54.1 Å². The molecule has 2 aromatic carbocycles. The molecule has 0 saturated heterocycles. The van der Waals surface area contributed by atoms with Crippen molar-refractivity contribution in [2.75, 3.05) is 0 Å². The average Bonchev–Trinajstić information content (AvgIpc) is 3.61. The number of aromatic nitrogens is 2. The number of aliphatic hydroxyl groups excluding tert-OH is 2. The van der Waals surface area contributed by atoms with Crippen molar-refractivity contribution in [2.24, 2.45) is 11.8 Å². The SMILES string of the molecule is CC(=O)O[C@H]1C[C@H](O)[C@H](C)[C@@H](O)[C@@H](C)/C=C/C=C(/C)C(=O)n2ncc3c(O)c4c5c(c(C)c(O)c4c(O)c32)O[C@](C)(O/C=C/C=C/1C)C5=O. The van der Waals surface area contributed by atoms with E-state index in [1.54, 1.807) is 39.0 Å². The molecule has 3 aromatic rings. The molecule has 0 saturated carbocycles. The van der Waals surface area contributed by atoms with E-state index in [9.17, 15) is 39.9 Å². The van der Waals surface area contributed by atoms with Crippen LogP contribution in [-0.4, -0.2) is 77.1 Å². The summed E-state index contributed by atoms with van der Waals surface area (Å²) in [6.07, 6.45) is 7.14. The van der Waals surface area contributed by atoms with Gasteiger partial charge in [-0.3, -0.25) is 14.4 Å². The normalized spacial score (nSPS) is 30.1. The third-order valence-electron chi connectivity index (χ3n) is 9.30. The van der Waals surface area contributed by atoms with Gasteiger partial charge in [0.05, 0.1) is 41.0 Å². The van der Waals surface area contributed by atoms with Crippen molar-refractivity contribution in [3.63, 3.8) is 0 Å². The molecule has 5 N–H and O–H groups in total. The summed E-state index contributed by atoms with van der Waals surface area (Å²) in [5, 5.41) is 59.9. The van der Waals surface area contributed by atoms with Gasteiger partial charge in [0.15, 0.2) is 5.75 Å². The first-order valence-electron chi connectivity index (χ1n) is 15.8. The lowest BCUT2D eigenvalue weighted by Gasteiger charge is -2.29. The Morgan fingerprint density at radius 1 is 1.02 bits per heavy atom. The first-order chi connectivity index (χ1) is 23.0. The van der Waals surface area contributed by atoms with Gasteiger partial charge in [-0.05, 0) is 32.4 Å². The number of ether oxygens (including phenoxy) is 3. The van der Waals surface area contributed by atoms with Crippen LogP contribution in [-0.2, 0) is 14.3 Å². The summed E-state index contributed by atoms with van der Waals surface area (Å²) in [5.74, 6) is -6.69. The van der Waals surface area contributed by atoms with Crippen molar-refractivity contribution in [1.82, 2.24) is 9.78 Å². The number of fused-ring (bicyclic) bond motifs is 11. The Hall–Kier alpha value is -5.14. The molecule has 0 aliphatic carbocycles. The molecule has 49 heavy (non-hydrogen) atoms. The van der Waals surface area contributed by atoms with E-state index in [2.05, 4.69) is 5.10 Å². The van der Waals surface area contributed by atoms with Crippen molar-refractivity contribution in [2.45, 2.75) is 79.0 Å². The number of rotatable bonds is 1. The number of aromatic hydroxyl groups is 3. The fraction of sp³-hybridized carbons (Fsp3) is 0.389. The van der Waals surface area contributed by atoms with Gasteiger partial charge in [0, 0.05) is 48.6 Å². The van der Waals surface area contributed by atoms with Gasteiger partial charge in [0.2, 0.25) is 0 Å². The number of carbonyl (C=O) groups excluding carboxylic acids is 3. The Kier molecular flexibility index (Phi) is 9.37. The third-order valence-corrected chi connectivity index (χ3v) is 9.30. The van der Waals surface area contributed by atoms with E-state index >= 15 is 0 Å². The number of hydrogen-bond donors (Lipinski definition) is 5. The van der Waals surface area contributed by atoms with E-state index in [-0.39, 0.29) is 50.5 Å². The van der Waals surface area contributed by atoms with Crippen molar-refractivity contribution in [3.05, 3.63) is 65.1 Å². The van der Waals surface area contributed by atoms with Crippen LogP contribution in [0.5, 0.6) is 23.0 Å². The quantitative estimate of drug-likeness (QED) is 0.174. The van der Waals surface area contributed by atoms with Crippen LogP contribution >= 0.6 is 0 Å². The zero-order valence-electron chi connectivity index (χ0n) is 28.2. The van der Waals surface area contributed by atoms with Crippen LogP contribution in [0.2, 0.25) is 0 Å². The number of Topliss-reactive ketones (excluding diaryl/α,β-unsaturated/α-hetero) is 1. The van der Waals surface area contributed by atoms with E-state index in [4.69, 9.17) is 14.2 Å². The molecule has 0 fully saturated rings. The molecule has 0 unspecified atom stereocenters. The van der Waals surface area contributed by atoms with E-state index in [1.165, 1.54) is 46.1 Å². The summed E-state index contributed by atoms with van der Waals surface area (Å²) in [7, 11) is 0. The Labute approximate surface area is 282 Å². The van der Waals surface area contributed by atoms with E-state index in [1.807, 2.05) is 0 Å². The molecule has 3 aliphatic heterocycles. The number of hydrogen-bond acceptors (Lipinski definition) is 12. The van der Waals surface area contributed by atoms with Gasteiger partial charge in [-0.2, -0.15) is 9.78 Å². The molecule has 0 amide bonds. The van der Waals surface area contributed by atoms with Crippen LogP contribution in [0.4, 0.5) is 0 Å². The lowest BCUT2D eigenvalue weighted by Crippen LogP contribution is -2.38. The van der Waals surface area contributed by atoms with Gasteiger partial charge in [-0.25, -0.2) is 0 Å². The van der Waals surface area contributed by atoms with E-state index < -0.39 is 70.8 Å². The molecule has 260 valence electrons. The fourth-order valence-electron chi connectivity index (χ4n) is 6.22. The van der Waals surface area contributed by atoms with Gasteiger partial charge in [-0.15, -0.1) is 0 Å². The molecule has 3 aliphatic rings. The second-order valence-corrected chi connectivity index (χ2v) is 12.8. The number of phenolic OH excluding ortho intramolecular Hbond substituents is 3. The number of aliphatic hydroxyl groups is 2. The number of esters is 1. The monoisotopic (exact) mass is 676 g/mol. The largest absolute Gasteiger partial charge is 0.507 e.